The Morgan fingerprint density at radius 3 is 1.30 bits per heavy atom. The minimum absolute atomic E-state index is 0.167. The summed E-state index contributed by atoms with van der Waals surface area (Å²) in [6, 6.07) is 0. The summed E-state index contributed by atoms with van der Waals surface area (Å²) in [5.41, 5.74) is -0.167. The van der Waals surface area contributed by atoms with Crippen LogP contribution < -0.4 is 0 Å². The fraction of sp³-hybridized carbons (Fsp3) is 1.00. The standard InChI is InChI=1S/C6H13F.C3H6/c1-5(7)6(2,3)4;1-2-3-1/h5H,1-4H3;1-3H2. The van der Waals surface area contributed by atoms with Crippen molar-refractivity contribution in [2.45, 2.75) is 53.1 Å². The van der Waals surface area contributed by atoms with Crippen molar-refractivity contribution in [2.24, 2.45) is 5.41 Å². The predicted octanol–water partition coefficient (Wildman–Crippen LogP) is 3.56. The van der Waals surface area contributed by atoms with Gasteiger partial charge in [-0.25, -0.2) is 4.39 Å². The number of halogens is 1. The molecule has 0 heterocycles. The van der Waals surface area contributed by atoms with Gasteiger partial charge in [-0.1, -0.05) is 40.0 Å². The molecule has 0 amide bonds. The summed E-state index contributed by atoms with van der Waals surface area (Å²) in [6.45, 7) is 7.24. The molecule has 1 heteroatoms. The lowest BCUT2D eigenvalue weighted by molar-refractivity contribution is 0.182. The summed E-state index contributed by atoms with van der Waals surface area (Å²) in [5, 5.41) is 0. The molecule has 0 radical (unpaired) electrons. The van der Waals surface area contributed by atoms with Crippen molar-refractivity contribution in [3.63, 3.8) is 0 Å². The Kier molecular flexibility index (Phi) is 3.92. The van der Waals surface area contributed by atoms with E-state index in [1.54, 1.807) is 6.92 Å². The van der Waals surface area contributed by atoms with Crippen molar-refractivity contribution in [1.29, 1.82) is 0 Å². The first-order valence-electron chi connectivity index (χ1n) is 4.08. The van der Waals surface area contributed by atoms with E-state index in [4.69, 9.17) is 0 Å². The molecule has 62 valence electrons. The van der Waals surface area contributed by atoms with Crippen LogP contribution in [-0.4, -0.2) is 6.17 Å². The summed E-state index contributed by atoms with van der Waals surface area (Å²) >= 11 is 0. The van der Waals surface area contributed by atoms with E-state index in [1.165, 1.54) is 19.3 Å². The van der Waals surface area contributed by atoms with Crippen LogP contribution in [0, 0.1) is 5.41 Å². The first-order valence-corrected chi connectivity index (χ1v) is 4.08. The summed E-state index contributed by atoms with van der Waals surface area (Å²) in [7, 11) is 0. The van der Waals surface area contributed by atoms with Gasteiger partial charge in [0, 0.05) is 0 Å². The second kappa shape index (κ2) is 3.95. The second-order valence-electron chi connectivity index (χ2n) is 4.04. The molecule has 0 aromatic heterocycles. The van der Waals surface area contributed by atoms with Crippen molar-refractivity contribution in [3.8, 4) is 0 Å². The molecule has 10 heavy (non-hydrogen) atoms. The zero-order chi connectivity index (χ0) is 8.20. The fourth-order valence-electron chi connectivity index (χ4n) is 0. The van der Waals surface area contributed by atoms with Gasteiger partial charge in [0.1, 0.15) is 6.17 Å². The van der Waals surface area contributed by atoms with E-state index in [2.05, 4.69) is 0 Å². The van der Waals surface area contributed by atoms with Crippen molar-refractivity contribution >= 4 is 0 Å². The summed E-state index contributed by atoms with van der Waals surface area (Å²) in [5.74, 6) is 0. The number of alkyl halides is 1. The molecule has 0 aliphatic heterocycles. The minimum Gasteiger partial charge on any atom is -0.247 e. The maximum absolute atomic E-state index is 12.2. The quantitative estimate of drug-likeness (QED) is 0.490. The Morgan fingerprint density at radius 2 is 1.30 bits per heavy atom. The van der Waals surface area contributed by atoms with E-state index in [0.29, 0.717) is 0 Å². The van der Waals surface area contributed by atoms with Gasteiger partial charge >= 0.3 is 0 Å². The average molecular weight is 146 g/mol. The monoisotopic (exact) mass is 146 g/mol. The number of rotatable bonds is 0. The first kappa shape index (κ1) is 9.93. The smallest absolute Gasteiger partial charge is 0.102 e. The van der Waals surface area contributed by atoms with Gasteiger partial charge in [-0.05, 0) is 12.3 Å². The minimum atomic E-state index is -0.701. The van der Waals surface area contributed by atoms with E-state index in [1.807, 2.05) is 20.8 Å². The zero-order valence-electron chi connectivity index (χ0n) is 7.58. The SMILES string of the molecule is C1CC1.CC(F)C(C)(C)C. The third-order valence-electron chi connectivity index (χ3n) is 1.55. The lowest BCUT2D eigenvalue weighted by atomic mass is 9.92. The molecule has 1 aliphatic carbocycles. The van der Waals surface area contributed by atoms with E-state index in [-0.39, 0.29) is 5.41 Å². The summed E-state index contributed by atoms with van der Waals surface area (Å²) < 4.78 is 12.2. The fourth-order valence-corrected chi connectivity index (χ4v) is 0. The van der Waals surface area contributed by atoms with Crippen LogP contribution in [0.5, 0.6) is 0 Å². The molecule has 0 aromatic carbocycles. The third kappa shape index (κ3) is 7.93. The van der Waals surface area contributed by atoms with Crippen molar-refractivity contribution in [1.82, 2.24) is 0 Å². The van der Waals surface area contributed by atoms with Gasteiger partial charge in [-0.2, -0.15) is 0 Å². The van der Waals surface area contributed by atoms with Gasteiger partial charge in [0.25, 0.3) is 0 Å². The molecule has 0 saturated heterocycles. The van der Waals surface area contributed by atoms with Gasteiger partial charge in [0.15, 0.2) is 0 Å². The van der Waals surface area contributed by atoms with E-state index < -0.39 is 6.17 Å². The van der Waals surface area contributed by atoms with Crippen LogP contribution >= 0.6 is 0 Å². The van der Waals surface area contributed by atoms with Crippen LogP contribution in [0.4, 0.5) is 4.39 Å². The lowest BCUT2D eigenvalue weighted by Gasteiger charge is -2.18. The van der Waals surface area contributed by atoms with Gasteiger partial charge in [-0.3, -0.25) is 0 Å². The van der Waals surface area contributed by atoms with E-state index in [9.17, 15) is 4.39 Å². The zero-order valence-corrected chi connectivity index (χ0v) is 7.58. The van der Waals surface area contributed by atoms with Crippen molar-refractivity contribution < 1.29 is 4.39 Å². The molecule has 0 nitrogen and oxygen atoms in total. The molecule has 0 spiro atoms. The van der Waals surface area contributed by atoms with Gasteiger partial charge in [-0.15, -0.1) is 0 Å². The largest absolute Gasteiger partial charge is 0.247 e. The van der Waals surface area contributed by atoms with Crippen LogP contribution in [0.25, 0.3) is 0 Å². The molecule has 1 fully saturated rings. The van der Waals surface area contributed by atoms with Crippen molar-refractivity contribution in [3.05, 3.63) is 0 Å². The Hall–Kier alpha value is -0.0700. The highest BCUT2D eigenvalue weighted by Gasteiger charge is 2.17. The number of hydrogen-bond donors (Lipinski definition) is 0. The van der Waals surface area contributed by atoms with E-state index in [0.717, 1.165) is 0 Å². The normalized spacial score (nSPS) is 18.9. The lowest BCUT2D eigenvalue weighted by Crippen LogP contribution is -2.17. The molecule has 1 rings (SSSR count). The highest BCUT2D eigenvalue weighted by molar-refractivity contribution is 4.67. The Bertz CT molecular complexity index is 74.5. The Balaban J connectivity index is 0.000000219. The molecular formula is C9H19F. The average Bonchev–Trinajstić information content (AvgIpc) is 2.42. The van der Waals surface area contributed by atoms with Crippen LogP contribution in [0.3, 0.4) is 0 Å². The molecule has 0 aromatic rings. The number of hydrogen-bond acceptors (Lipinski definition) is 0. The van der Waals surface area contributed by atoms with Gasteiger partial charge < -0.3 is 0 Å². The molecule has 0 bridgehead atoms. The van der Waals surface area contributed by atoms with Crippen LogP contribution in [0.1, 0.15) is 47.0 Å². The van der Waals surface area contributed by atoms with Gasteiger partial charge in [0.2, 0.25) is 0 Å². The Labute approximate surface area is 63.8 Å². The van der Waals surface area contributed by atoms with Crippen LogP contribution in [0.15, 0.2) is 0 Å². The molecule has 1 saturated carbocycles. The highest BCUT2D eigenvalue weighted by atomic mass is 19.1. The summed E-state index contributed by atoms with van der Waals surface area (Å²) in [4.78, 5) is 0. The molecule has 1 unspecified atom stereocenters. The van der Waals surface area contributed by atoms with Gasteiger partial charge in [0.05, 0.1) is 0 Å². The van der Waals surface area contributed by atoms with E-state index >= 15 is 0 Å². The predicted molar refractivity (Wildman–Crippen MR) is 43.9 cm³/mol. The Morgan fingerprint density at radius 1 is 1.10 bits per heavy atom. The molecule has 0 N–H and O–H groups in total. The third-order valence-corrected chi connectivity index (χ3v) is 1.55. The van der Waals surface area contributed by atoms with Crippen molar-refractivity contribution in [2.75, 3.05) is 0 Å². The topological polar surface area (TPSA) is 0 Å². The second-order valence-corrected chi connectivity index (χ2v) is 4.04. The first-order chi connectivity index (χ1) is 4.44. The maximum Gasteiger partial charge on any atom is 0.102 e. The maximum atomic E-state index is 12.2. The molecule has 1 atom stereocenters. The molecular weight excluding hydrogens is 127 g/mol. The van der Waals surface area contributed by atoms with Crippen LogP contribution in [-0.2, 0) is 0 Å². The van der Waals surface area contributed by atoms with Crippen LogP contribution in [0.2, 0.25) is 0 Å². The summed E-state index contributed by atoms with van der Waals surface area (Å²) in [6.07, 6.45) is 3.80. The highest BCUT2D eigenvalue weighted by Crippen LogP contribution is 2.20. The molecule has 1 aliphatic rings.